The molecule has 0 amide bonds. The van der Waals surface area contributed by atoms with Crippen LogP contribution >= 0.6 is 17.2 Å². The van der Waals surface area contributed by atoms with E-state index in [4.69, 9.17) is 27.1 Å². The van der Waals surface area contributed by atoms with Crippen molar-refractivity contribution in [3.63, 3.8) is 0 Å². The summed E-state index contributed by atoms with van der Waals surface area (Å²) < 4.78 is 41.0. The highest BCUT2D eigenvalue weighted by molar-refractivity contribution is 7.43. The lowest BCUT2D eigenvalue weighted by molar-refractivity contribution is 0.371. The molecule has 0 bridgehead atoms. The molecule has 0 unspecified atom stereocenters. The van der Waals surface area contributed by atoms with E-state index in [-0.39, 0.29) is 32.5 Å². The van der Waals surface area contributed by atoms with Crippen LogP contribution in [0, 0.1) is 0 Å². The van der Waals surface area contributed by atoms with E-state index in [0.717, 1.165) is 70.4 Å². The third-order valence-electron chi connectivity index (χ3n) is 18.1. The molecule has 8 heteroatoms. The quantitative estimate of drug-likeness (QED) is 0.0289. The molecule has 6 aromatic rings. The van der Waals surface area contributed by atoms with E-state index in [1.807, 2.05) is 0 Å². The average molecular weight is 1340 g/mol. The molecule has 0 spiro atoms. The number of unbranched alkanes of at least 4 members (excludes halogenated alkanes) is 18. The highest BCUT2D eigenvalue weighted by Gasteiger charge is 2.33. The summed E-state index contributed by atoms with van der Waals surface area (Å²) in [4.78, 5) is 0. The minimum Gasteiger partial charge on any atom is -0.408 e. The van der Waals surface area contributed by atoms with Crippen LogP contribution in [0.3, 0.4) is 0 Å². The van der Waals surface area contributed by atoms with Gasteiger partial charge >= 0.3 is 17.2 Å². The summed E-state index contributed by atoms with van der Waals surface area (Å²) in [5, 5.41) is 0. The smallest absolute Gasteiger partial charge is 0.408 e. The maximum Gasteiger partial charge on any atom is 0.530 e. The van der Waals surface area contributed by atoms with Crippen LogP contribution in [0.4, 0.5) is 0 Å². The lowest BCUT2D eigenvalue weighted by Gasteiger charge is -2.31. The molecule has 0 fully saturated rings. The second-order valence-electron chi connectivity index (χ2n) is 33.1. The third kappa shape index (κ3) is 28.4. The van der Waals surface area contributed by atoms with Crippen molar-refractivity contribution in [2.75, 3.05) is 0 Å². The van der Waals surface area contributed by atoms with E-state index in [9.17, 15) is 0 Å². The van der Waals surface area contributed by atoms with Crippen molar-refractivity contribution in [1.29, 1.82) is 0 Å². The standard InChI is InChI=1S/C45H69O3P.C42H63O3P/c1-4-7-10-13-16-19-22-31-40-34-25-28-37-43(40)46-49(47-44-38-29-26-35-41(44)32-23-20-17-14-11-8-5-2)48-45-39-30-27-36-42(45)33-24-21-18-15-12-9-6-3;1-37(2,3)28-19-22-34(31(25-28)40(10,11)12)43-46(44-35-23-20-29(38(4,5)6)26-32(35)41(13,14)15)45-36-24-21-30(39(7,8)9)27-33(36)42(16,17)18/h25-30,34-39H,4-24,31-33H2,1-3H3;19-27H,1-18H3. The predicted molar refractivity (Wildman–Crippen MR) is 414 cm³/mol. The molecule has 0 heterocycles. The van der Waals surface area contributed by atoms with Gasteiger partial charge in [0.15, 0.2) is 0 Å². The highest BCUT2D eigenvalue weighted by atomic mass is 31.2. The van der Waals surface area contributed by atoms with E-state index in [0.29, 0.717) is 0 Å². The number of benzene rings is 6. The average Bonchev–Trinajstić information content (AvgIpc) is 0.805. The molecule has 0 saturated heterocycles. The Morgan fingerprint density at radius 1 is 0.232 bits per heavy atom. The lowest BCUT2D eigenvalue weighted by Crippen LogP contribution is -2.20. The number of hydrogen-bond acceptors (Lipinski definition) is 6. The second kappa shape index (κ2) is 38.9. The first-order valence-electron chi connectivity index (χ1n) is 37.2. The van der Waals surface area contributed by atoms with Crippen molar-refractivity contribution in [3.05, 3.63) is 177 Å². The van der Waals surface area contributed by atoms with Gasteiger partial charge in [0.1, 0.15) is 34.5 Å². The summed E-state index contributed by atoms with van der Waals surface area (Å²) in [5.41, 5.74) is 10.6. The number of aryl methyl sites for hydroxylation is 3. The van der Waals surface area contributed by atoms with Crippen LogP contribution in [-0.2, 0) is 51.8 Å². The van der Waals surface area contributed by atoms with Crippen LogP contribution in [0.25, 0.3) is 0 Å². The second-order valence-corrected chi connectivity index (χ2v) is 35.1. The highest BCUT2D eigenvalue weighted by Crippen LogP contribution is 2.51. The molecule has 6 rings (SSSR count). The first-order chi connectivity index (χ1) is 44.8. The van der Waals surface area contributed by atoms with E-state index in [2.05, 4.69) is 273 Å². The molecule has 0 aliphatic rings. The van der Waals surface area contributed by atoms with Gasteiger partial charge in [0, 0.05) is 16.7 Å². The van der Waals surface area contributed by atoms with Gasteiger partial charge in [-0.15, -0.1) is 0 Å². The van der Waals surface area contributed by atoms with Gasteiger partial charge in [0.25, 0.3) is 0 Å². The molecule has 0 saturated carbocycles. The Balaban J connectivity index is 0.000000345. The van der Waals surface area contributed by atoms with Gasteiger partial charge in [-0.05, 0) is 141 Å². The number of rotatable bonds is 36. The van der Waals surface area contributed by atoms with Crippen molar-refractivity contribution in [3.8, 4) is 34.5 Å². The number of para-hydroxylation sites is 3. The van der Waals surface area contributed by atoms with Gasteiger partial charge in [-0.2, -0.15) is 0 Å². The van der Waals surface area contributed by atoms with E-state index >= 15 is 0 Å². The van der Waals surface area contributed by atoms with E-state index in [1.165, 1.54) is 168 Å². The minimum atomic E-state index is -1.89. The van der Waals surface area contributed by atoms with Gasteiger partial charge < -0.3 is 27.1 Å². The Hall–Kier alpha value is -5.02. The first-order valence-corrected chi connectivity index (χ1v) is 39.4. The zero-order valence-corrected chi connectivity index (χ0v) is 65.7. The zero-order chi connectivity index (χ0) is 69.9. The topological polar surface area (TPSA) is 55.4 Å². The molecule has 526 valence electrons. The van der Waals surface area contributed by atoms with Gasteiger partial charge in [-0.25, -0.2) is 0 Å². The van der Waals surface area contributed by atoms with E-state index in [1.54, 1.807) is 0 Å². The van der Waals surface area contributed by atoms with Crippen molar-refractivity contribution < 1.29 is 27.1 Å². The summed E-state index contributed by atoms with van der Waals surface area (Å²) in [6, 6.07) is 45.2. The molecule has 0 radical (unpaired) electrons. The van der Waals surface area contributed by atoms with Gasteiger partial charge in [0.05, 0.1) is 0 Å². The van der Waals surface area contributed by atoms with Crippen molar-refractivity contribution in [2.24, 2.45) is 0 Å². The zero-order valence-electron chi connectivity index (χ0n) is 63.9. The van der Waals surface area contributed by atoms with Gasteiger partial charge in [0.2, 0.25) is 0 Å². The lowest BCUT2D eigenvalue weighted by atomic mass is 9.80. The molecule has 0 aliphatic heterocycles. The molecule has 6 nitrogen and oxygen atoms in total. The Morgan fingerprint density at radius 3 is 0.663 bits per heavy atom. The van der Waals surface area contributed by atoms with Crippen LogP contribution < -0.4 is 27.1 Å². The molecule has 6 aromatic carbocycles. The van der Waals surface area contributed by atoms with Crippen molar-refractivity contribution >= 4 is 17.2 Å². The van der Waals surface area contributed by atoms with Gasteiger partial charge in [-0.3, -0.25) is 0 Å². The Bertz CT molecular complexity index is 2820. The molecule has 0 aromatic heterocycles. The Morgan fingerprint density at radius 2 is 0.442 bits per heavy atom. The van der Waals surface area contributed by atoms with Gasteiger partial charge in [-0.1, -0.05) is 352 Å². The Labute approximate surface area is 585 Å². The molecule has 0 aliphatic carbocycles. The van der Waals surface area contributed by atoms with Crippen LogP contribution in [0.2, 0.25) is 0 Å². The number of hydrogen-bond donors (Lipinski definition) is 0. The van der Waals surface area contributed by atoms with Crippen molar-refractivity contribution in [1.82, 2.24) is 0 Å². The fourth-order valence-corrected chi connectivity index (χ4v) is 14.0. The minimum absolute atomic E-state index is 0.0170. The van der Waals surface area contributed by atoms with Crippen molar-refractivity contribution in [2.45, 2.75) is 332 Å². The van der Waals surface area contributed by atoms with E-state index < -0.39 is 17.2 Å². The SMILES string of the molecule is CC(C)(C)c1ccc(OP(Oc2ccc(C(C)(C)C)cc2C(C)(C)C)Oc2ccc(C(C)(C)C)cc2C(C)(C)C)c(C(C)(C)C)c1.CCCCCCCCCc1ccccc1OP(Oc1ccccc1CCCCCCCCC)Oc1ccccc1CCCCCCCCC. The largest absolute Gasteiger partial charge is 0.530 e. The maximum absolute atomic E-state index is 6.90. The molecule has 0 atom stereocenters. The molecular weight excluding hydrogens is 1200 g/mol. The van der Waals surface area contributed by atoms with Crippen LogP contribution in [0.15, 0.2) is 127 Å². The summed E-state index contributed by atoms with van der Waals surface area (Å²) in [7, 11) is -3.62. The summed E-state index contributed by atoms with van der Waals surface area (Å²) >= 11 is 0. The molecule has 95 heavy (non-hydrogen) atoms. The third-order valence-corrected chi connectivity index (χ3v) is 20.1. The normalized spacial score (nSPS) is 12.4. The first kappa shape index (κ1) is 80.7. The summed E-state index contributed by atoms with van der Waals surface area (Å²) in [5.74, 6) is 5.02. The summed E-state index contributed by atoms with van der Waals surface area (Å²) in [6.07, 6.45) is 30.3. The predicted octanol–water partition coefficient (Wildman–Crippen LogP) is 28.6. The van der Waals surface area contributed by atoms with Crippen LogP contribution in [-0.4, -0.2) is 0 Å². The maximum atomic E-state index is 6.90. The fraction of sp³-hybridized carbons (Fsp3) is 0.586. The Kier molecular flexibility index (Phi) is 33.1. The fourth-order valence-electron chi connectivity index (χ4n) is 11.8. The molecule has 0 N–H and O–H groups in total. The summed E-state index contributed by atoms with van der Waals surface area (Å²) in [6.45, 7) is 47.2. The molecular formula is C87H132O6P2. The van der Waals surface area contributed by atoms with Crippen LogP contribution in [0.5, 0.6) is 34.5 Å². The monoisotopic (exact) mass is 1330 g/mol. The van der Waals surface area contributed by atoms with Crippen LogP contribution in [0.1, 0.15) is 330 Å².